The van der Waals surface area contributed by atoms with E-state index in [0.29, 0.717) is 16.5 Å². The van der Waals surface area contributed by atoms with Crippen molar-refractivity contribution in [2.75, 3.05) is 18.0 Å². The molecule has 2 unspecified atom stereocenters. The van der Waals surface area contributed by atoms with E-state index in [-0.39, 0.29) is 0 Å². The molecule has 2 aliphatic rings. The highest BCUT2D eigenvalue weighted by atomic mass is 35.5. The van der Waals surface area contributed by atoms with E-state index in [0.717, 1.165) is 55.3 Å². The van der Waals surface area contributed by atoms with Crippen LogP contribution in [0, 0.1) is 36.0 Å². The van der Waals surface area contributed by atoms with E-state index in [4.69, 9.17) is 16.9 Å². The van der Waals surface area contributed by atoms with Gasteiger partial charge in [-0.1, -0.05) is 11.6 Å². The number of rotatable bonds is 6. The molecule has 1 saturated carbocycles. The minimum Gasteiger partial charge on any atom is -0.341 e. The van der Waals surface area contributed by atoms with Crippen molar-refractivity contribution in [1.29, 1.82) is 5.26 Å². The Labute approximate surface area is 171 Å². The van der Waals surface area contributed by atoms with Crippen molar-refractivity contribution in [2.45, 2.75) is 45.4 Å². The van der Waals surface area contributed by atoms with Crippen LogP contribution >= 0.6 is 11.6 Å². The Morgan fingerprint density at radius 3 is 2.68 bits per heavy atom. The molecule has 4 rings (SSSR count). The van der Waals surface area contributed by atoms with E-state index in [9.17, 15) is 0 Å². The molecule has 2 aromatic rings. The molecule has 0 bridgehead atoms. The van der Waals surface area contributed by atoms with Crippen LogP contribution in [0.3, 0.4) is 0 Å². The fraction of sp³-hybridized carbons (Fsp3) is 0.571. The molecule has 1 saturated heterocycles. The Balaban J connectivity index is 1.20. The first-order valence-electron chi connectivity index (χ1n) is 10.1. The van der Waals surface area contributed by atoms with Gasteiger partial charge in [-0.25, -0.2) is 19.9 Å². The summed E-state index contributed by atoms with van der Waals surface area (Å²) in [6, 6.07) is 3.94. The molecule has 3 heterocycles. The summed E-state index contributed by atoms with van der Waals surface area (Å²) in [7, 11) is 0. The Kier molecular flexibility index (Phi) is 5.72. The summed E-state index contributed by atoms with van der Waals surface area (Å²) in [4.78, 5) is 19.5. The largest absolute Gasteiger partial charge is 0.341 e. The molecule has 0 spiro atoms. The van der Waals surface area contributed by atoms with Crippen LogP contribution in [-0.2, 0) is 6.42 Å². The molecule has 2 aromatic heterocycles. The second-order valence-corrected chi connectivity index (χ2v) is 8.42. The van der Waals surface area contributed by atoms with Crippen LogP contribution in [-0.4, -0.2) is 33.0 Å². The quantitative estimate of drug-likeness (QED) is 0.734. The van der Waals surface area contributed by atoms with Gasteiger partial charge in [0.2, 0.25) is 5.95 Å². The molecular formula is C21H25ClN6. The molecule has 146 valence electrons. The maximum atomic E-state index is 9.04. The minimum absolute atomic E-state index is 0.475. The van der Waals surface area contributed by atoms with E-state index < -0.39 is 0 Å². The lowest BCUT2D eigenvalue weighted by atomic mass is 9.90. The number of aryl methyl sites for hydroxylation is 2. The van der Waals surface area contributed by atoms with Crippen molar-refractivity contribution in [2.24, 2.45) is 17.8 Å². The van der Waals surface area contributed by atoms with Gasteiger partial charge in [0.15, 0.2) is 0 Å². The van der Waals surface area contributed by atoms with Crippen LogP contribution in [0.5, 0.6) is 0 Å². The van der Waals surface area contributed by atoms with E-state index in [1.807, 2.05) is 13.0 Å². The number of hydrogen-bond acceptors (Lipinski definition) is 6. The van der Waals surface area contributed by atoms with Crippen molar-refractivity contribution in [3.8, 4) is 6.07 Å². The van der Waals surface area contributed by atoms with Gasteiger partial charge < -0.3 is 4.90 Å². The lowest BCUT2D eigenvalue weighted by Crippen LogP contribution is -2.35. The predicted molar refractivity (Wildman–Crippen MR) is 108 cm³/mol. The molecule has 1 aliphatic carbocycles. The van der Waals surface area contributed by atoms with Crippen LogP contribution in [0.4, 0.5) is 5.95 Å². The molecule has 0 N–H and O–H groups in total. The summed E-state index contributed by atoms with van der Waals surface area (Å²) in [5, 5.41) is 9.62. The standard InChI is InChI=1S/C21H25ClN6/c1-14-26-18(10-19(11-23)27-14)4-2-3-16-9-20(16)15-5-7-28(8-6-15)21-24-12-17(22)13-25-21/h10,12-13,15-16,20H,2-9H2,1H3. The lowest BCUT2D eigenvalue weighted by molar-refractivity contribution is 0.340. The number of aromatic nitrogens is 4. The second kappa shape index (κ2) is 8.40. The maximum absolute atomic E-state index is 9.04. The predicted octanol–water partition coefficient (Wildman–Crippen LogP) is 3.98. The Bertz CT molecular complexity index is 854. The number of anilines is 1. The highest BCUT2D eigenvalue weighted by Gasteiger charge is 2.42. The molecule has 0 amide bonds. The second-order valence-electron chi connectivity index (χ2n) is 7.98. The lowest BCUT2D eigenvalue weighted by Gasteiger charge is -2.32. The van der Waals surface area contributed by atoms with Gasteiger partial charge in [0.1, 0.15) is 17.6 Å². The van der Waals surface area contributed by atoms with Crippen LogP contribution in [0.25, 0.3) is 0 Å². The summed E-state index contributed by atoms with van der Waals surface area (Å²) in [5.41, 5.74) is 1.47. The van der Waals surface area contributed by atoms with Crippen LogP contribution in [0.1, 0.15) is 49.3 Å². The van der Waals surface area contributed by atoms with Gasteiger partial charge in [-0.3, -0.25) is 0 Å². The zero-order valence-corrected chi connectivity index (χ0v) is 16.9. The Morgan fingerprint density at radius 2 is 1.96 bits per heavy atom. The zero-order chi connectivity index (χ0) is 19.5. The third-order valence-corrected chi connectivity index (χ3v) is 6.22. The third kappa shape index (κ3) is 4.59. The first-order valence-corrected chi connectivity index (χ1v) is 10.5. The molecule has 0 aromatic carbocycles. The summed E-state index contributed by atoms with van der Waals surface area (Å²) in [6.45, 7) is 3.92. The fourth-order valence-electron chi connectivity index (χ4n) is 4.54. The zero-order valence-electron chi connectivity index (χ0n) is 16.2. The molecule has 0 radical (unpaired) electrons. The van der Waals surface area contributed by atoms with E-state index >= 15 is 0 Å². The number of nitrogens with zero attached hydrogens (tertiary/aromatic N) is 6. The molecule has 1 aliphatic heterocycles. The fourth-order valence-corrected chi connectivity index (χ4v) is 4.63. The summed E-state index contributed by atoms with van der Waals surface area (Å²) in [5.74, 6) is 4.07. The molecule has 6 nitrogen and oxygen atoms in total. The summed E-state index contributed by atoms with van der Waals surface area (Å²) in [6.07, 6.45) is 10.5. The molecule has 2 fully saturated rings. The van der Waals surface area contributed by atoms with Gasteiger partial charge in [0, 0.05) is 18.8 Å². The van der Waals surface area contributed by atoms with Crippen molar-refractivity contribution in [3.63, 3.8) is 0 Å². The normalized spacial score (nSPS) is 22.1. The van der Waals surface area contributed by atoms with Crippen molar-refractivity contribution < 1.29 is 0 Å². The number of nitriles is 1. The van der Waals surface area contributed by atoms with E-state index in [1.165, 1.54) is 25.7 Å². The average Bonchev–Trinajstić information content (AvgIpc) is 3.48. The maximum Gasteiger partial charge on any atom is 0.225 e. The van der Waals surface area contributed by atoms with Crippen molar-refractivity contribution >= 4 is 17.5 Å². The number of hydrogen-bond donors (Lipinski definition) is 0. The molecule has 28 heavy (non-hydrogen) atoms. The van der Waals surface area contributed by atoms with Crippen molar-refractivity contribution in [1.82, 2.24) is 19.9 Å². The summed E-state index contributed by atoms with van der Waals surface area (Å²) < 4.78 is 0. The van der Waals surface area contributed by atoms with Gasteiger partial charge in [-0.05, 0) is 69.3 Å². The third-order valence-electron chi connectivity index (χ3n) is 6.03. The first kappa shape index (κ1) is 19.1. The van der Waals surface area contributed by atoms with Gasteiger partial charge >= 0.3 is 0 Å². The highest BCUT2D eigenvalue weighted by molar-refractivity contribution is 6.30. The van der Waals surface area contributed by atoms with Gasteiger partial charge in [0.25, 0.3) is 0 Å². The van der Waals surface area contributed by atoms with Crippen LogP contribution in [0.15, 0.2) is 18.5 Å². The molecule has 7 heteroatoms. The Hall–Kier alpha value is -2.26. The number of halogens is 1. The van der Waals surface area contributed by atoms with E-state index in [1.54, 1.807) is 12.4 Å². The van der Waals surface area contributed by atoms with Gasteiger partial charge in [-0.15, -0.1) is 0 Å². The van der Waals surface area contributed by atoms with Gasteiger partial charge in [-0.2, -0.15) is 5.26 Å². The van der Waals surface area contributed by atoms with Crippen LogP contribution < -0.4 is 4.90 Å². The topological polar surface area (TPSA) is 78.6 Å². The van der Waals surface area contributed by atoms with E-state index in [2.05, 4.69) is 30.9 Å². The smallest absolute Gasteiger partial charge is 0.225 e. The van der Waals surface area contributed by atoms with Gasteiger partial charge in [0.05, 0.1) is 17.4 Å². The number of piperidine rings is 1. The monoisotopic (exact) mass is 396 g/mol. The first-order chi connectivity index (χ1) is 13.6. The summed E-state index contributed by atoms with van der Waals surface area (Å²) >= 11 is 5.88. The Morgan fingerprint density at radius 1 is 1.21 bits per heavy atom. The highest BCUT2D eigenvalue weighted by Crippen LogP contribution is 2.50. The average molecular weight is 397 g/mol. The molecule has 2 atom stereocenters. The van der Waals surface area contributed by atoms with Crippen molar-refractivity contribution in [3.05, 3.63) is 40.7 Å². The molecular weight excluding hydrogens is 372 g/mol. The SMILES string of the molecule is Cc1nc(C#N)cc(CCCC2CC2C2CCN(c3ncc(Cl)cn3)CC2)n1. The minimum atomic E-state index is 0.475. The van der Waals surface area contributed by atoms with Crippen LogP contribution in [0.2, 0.25) is 5.02 Å².